The number of anilines is 1. The van der Waals surface area contributed by atoms with Gasteiger partial charge in [0.25, 0.3) is 11.8 Å². The molecule has 0 aromatic heterocycles. The lowest BCUT2D eigenvalue weighted by atomic mass is 9.72. The Morgan fingerprint density at radius 1 is 0.646 bits per heavy atom. The molecule has 16 nitrogen and oxygen atoms in total. The number of ether oxygens (including phenoxy) is 2. The number of amides is 5. The lowest BCUT2D eigenvalue weighted by Gasteiger charge is -2.44. The number of para-hydroxylation sites is 1. The largest absolute Gasteiger partial charge is 0.465 e. The highest BCUT2D eigenvalue weighted by Gasteiger charge is 2.50. The second-order valence-corrected chi connectivity index (χ2v) is 27.0. The lowest BCUT2D eigenvalue weighted by Crippen LogP contribution is -2.50. The SMILES string of the molecule is CN(CCCCCC(=O)N(C)CCN1CCC(N(C(=O)O)c2ccccc2-c2ccccc2)CC1)Cc1ccccc1C(=O)N(C)CCCN(C)C(=O)CO[C@H]1Cc2ccccc2C12CCN(CC[C@@]1(c3ccc(F)cc3)CN(C(=O)c3cc(C(F)(F)F)cc(C(F)(F)F)c3)CO1)CC2. The maximum absolute atomic E-state index is 14.3. The summed E-state index contributed by atoms with van der Waals surface area (Å²) in [4.78, 5) is 81.8. The molecule has 23 heteroatoms. The molecule has 4 aliphatic rings. The number of nitrogens with zero attached hydrogens (tertiary/aromatic N) is 8. The highest BCUT2D eigenvalue weighted by Crippen LogP contribution is 2.49. The molecule has 0 saturated carbocycles. The Labute approximate surface area is 574 Å². The van der Waals surface area contributed by atoms with Crippen molar-refractivity contribution in [2.75, 3.05) is 118 Å². The number of carboxylic acid groups (broad SMARTS) is 1. The Bertz CT molecular complexity index is 3720. The van der Waals surface area contributed by atoms with Gasteiger partial charge in [-0.1, -0.05) is 110 Å². The van der Waals surface area contributed by atoms with E-state index in [2.05, 4.69) is 26.8 Å². The zero-order chi connectivity index (χ0) is 70.7. The van der Waals surface area contributed by atoms with Crippen molar-refractivity contribution in [2.24, 2.45) is 0 Å². The number of likely N-dealkylation sites (N-methyl/N-ethyl adjacent to an activating group) is 2. The number of alkyl halides is 6. The number of carbonyl (C=O) groups is 5. The first-order valence-electron chi connectivity index (χ1n) is 34.1. The maximum atomic E-state index is 14.3. The van der Waals surface area contributed by atoms with Crippen molar-refractivity contribution >= 4 is 35.4 Å². The topological polar surface area (TPSA) is 150 Å². The molecule has 10 rings (SSSR count). The van der Waals surface area contributed by atoms with Gasteiger partial charge in [0.2, 0.25) is 11.8 Å². The van der Waals surface area contributed by atoms with Crippen LogP contribution >= 0.6 is 0 Å². The fraction of sp³-hybridized carbons (Fsp3) is 0.461. The number of hydrogen-bond donors (Lipinski definition) is 1. The van der Waals surface area contributed by atoms with Crippen LogP contribution in [-0.4, -0.2) is 195 Å². The van der Waals surface area contributed by atoms with Crippen LogP contribution in [-0.2, 0) is 55.4 Å². The molecule has 3 fully saturated rings. The van der Waals surface area contributed by atoms with Crippen LogP contribution < -0.4 is 4.90 Å². The smallest absolute Gasteiger partial charge is 0.416 e. The summed E-state index contributed by atoms with van der Waals surface area (Å²) in [6.45, 7) is 5.77. The van der Waals surface area contributed by atoms with E-state index in [4.69, 9.17) is 9.47 Å². The normalized spacial score (nSPS) is 18.2. The molecule has 1 aliphatic carbocycles. The number of rotatable bonds is 27. The zero-order valence-corrected chi connectivity index (χ0v) is 56.7. The summed E-state index contributed by atoms with van der Waals surface area (Å²) in [5, 5.41) is 10.4. The molecule has 6 aromatic carbocycles. The van der Waals surface area contributed by atoms with Gasteiger partial charge in [-0.25, -0.2) is 9.18 Å². The van der Waals surface area contributed by atoms with Crippen LogP contribution in [0.1, 0.15) is 118 Å². The van der Waals surface area contributed by atoms with Crippen LogP contribution in [0.4, 0.5) is 41.2 Å². The van der Waals surface area contributed by atoms with E-state index in [-0.39, 0.29) is 55.5 Å². The number of halogens is 7. The van der Waals surface area contributed by atoms with Gasteiger partial charge in [-0.3, -0.25) is 24.1 Å². The highest BCUT2D eigenvalue weighted by molar-refractivity contribution is 5.96. The third-order valence-corrected chi connectivity index (χ3v) is 20.4. The van der Waals surface area contributed by atoms with Crippen molar-refractivity contribution in [1.29, 1.82) is 0 Å². The summed E-state index contributed by atoms with van der Waals surface area (Å²) in [5.41, 5.74) is 1.16. The van der Waals surface area contributed by atoms with E-state index in [0.29, 0.717) is 120 Å². The average Bonchev–Trinajstić information content (AvgIpc) is 1.60. The maximum Gasteiger partial charge on any atom is 0.416 e. The third-order valence-electron chi connectivity index (χ3n) is 20.4. The van der Waals surface area contributed by atoms with Crippen LogP contribution in [0, 0.1) is 5.82 Å². The molecule has 3 saturated heterocycles. The van der Waals surface area contributed by atoms with E-state index in [1.807, 2.05) is 105 Å². The minimum absolute atomic E-state index is 0.0282. The summed E-state index contributed by atoms with van der Waals surface area (Å²) in [6, 6.07) is 39.3. The molecule has 6 aromatic rings. The minimum Gasteiger partial charge on any atom is -0.465 e. The van der Waals surface area contributed by atoms with Crippen molar-refractivity contribution in [1.82, 2.24) is 34.3 Å². The molecular weight excluding hydrogens is 1290 g/mol. The lowest BCUT2D eigenvalue weighted by molar-refractivity contribution is -0.143. The first-order chi connectivity index (χ1) is 47.3. The first-order valence-corrected chi connectivity index (χ1v) is 34.1. The average molecular weight is 1380 g/mol. The number of piperidine rings is 2. The Morgan fingerprint density at radius 2 is 1.27 bits per heavy atom. The van der Waals surface area contributed by atoms with Gasteiger partial charge >= 0.3 is 18.4 Å². The van der Waals surface area contributed by atoms with Crippen molar-refractivity contribution in [3.8, 4) is 11.1 Å². The van der Waals surface area contributed by atoms with E-state index in [1.54, 1.807) is 28.8 Å². The van der Waals surface area contributed by atoms with Gasteiger partial charge in [-0.05, 0) is 155 Å². The van der Waals surface area contributed by atoms with Crippen molar-refractivity contribution in [3.63, 3.8) is 0 Å². The van der Waals surface area contributed by atoms with Crippen LogP contribution in [0.15, 0.2) is 146 Å². The van der Waals surface area contributed by atoms with Gasteiger partial charge < -0.3 is 48.9 Å². The molecule has 1 spiro atoms. The monoisotopic (exact) mass is 1370 g/mol. The van der Waals surface area contributed by atoms with Crippen LogP contribution in [0.3, 0.4) is 0 Å². The zero-order valence-electron chi connectivity index (χ0n) is 56.7. The van der Waals surface area contributed by atoms with E-state index in [1.165, 1.54) is 29.2 Å². The molecule has 1 N–H and O–H groups in total. The Kier molecular flexibility index (Phi) is 24.1. The number of likely N-dealkylation sites (tertiary alicyclic amines) is 2. The molecule has 99 heavy (non-hydrogen) atoms. The van der Waals surface area contributed by atoms with Crippen LogP contribution in [0.5, 0.6) is 0 Å². The van der Waals surface area contributed by atoms with Gasteiger partial charge in [-0.15, -0.1) is 0 Å². The van der Waals surface area contributed by atoms with Gasteiger partial charge in [0.1, 0.15) is 24.8 Å². The highest BCUT2D eigenvalue weighted by atomic mass is 19.4. The summed E-state index contributed by atoms with van der Waals surface area (Å²) in [6.07, 6.45) is -4.48. The molecule has 530 valence electrons. The number of unbranched alkanes of at least 4 members (excludes halogenated alkanes) is 2. The van der Waals surface area contributed by atoms with Gasteiger partial charge in [0.15, 0.2) is 0 Å². The van der Waals surface area contributed by atoms with E-state index < -0.39 is 64.6 Å². The standard InChI is InChI=1S/C76H89F7N8O8/c1-84(36-16-6-9-26-68(92)86(3)44-45-88-39-31-62(32-40-88)91(72(96)97)66-25-15-13-22-63(66)54-18-7-5-8-19-54)50-56-21-10-12-23-64(56)71(95)87(4)38-17-37-85(2)69(93)51-98-67-48-55-20-11-14-24-65(55)73(67)33-41-89(42-34-73)43-35-74(58-27-29-61(77)30-28-58)52-90(53-99-74)70(94)57-46-59(75(78,79)80)49-60(47-57)76(81,82)83/h5,7-8,10-15,18-25,27-30,46-47,49,62,67H,6,9,16-17,26,31-45,48,50-53H2,1-4H3,(H,96,97)/t67-,74-/m0/s1. The van der Waals surface area contributed by atoms with E-state index >= 15 is 0 Å². The fourth-order valence-corrected chi connectivity index (χ4v) is 14.6. The number of benzene rings is 6. The van der Waals surface area contributed by atoms with E-state index in [9.17, 15) is 59.8 Å². The Morgan fingerprint density at radius 3 is 1.97 bits per heavy atom. The second-order valence-electron chi connectivity index (χ2n) is 27.0. The van der Waals surface area contributed by atoms with Crippen molar-refractivity contribution in [3.05, 3.63) is 196 Å². The van der Waals surface area contributed by atoms with E-state index in [0.717, 1.165) is 78.2 Å². The molecule has 2 atom stereocenters. The molecule has 0 unspecified atom stereocenters. The number of hydrogen-bond acceptors (Lipinski definition) is 10. The summed E-state index contributed by atoms with van der Waals surface area (Å²) < 4.78 is 110. The predicted molar refractivity (Wildman–Crippen MR) is 363 cm³/mol. The van der Waals surface area contributed by atoms with Gasteiger partial charge in [0.05, 0.1) is 29.5 Å². The summed E-state index contributed by atoms with van der Waals surface area (Å²) in [5.74, 6) is -1.82. The van der Waals surface area contributed by atoms with Crippen molar-refractivity contribution in [2.45, 2.75) is 113 Å². The van der Waals surface area contributed by atoms with Gasteiger partial charge in [0, 0.05) is 108 Å². The molecule has 5 amide bonds. The molecule has 3 aliphatic heterocycles. The minimum atomic E-state index is -5.15. The fourth-order valence-electron chi connectivity index (χ4n) is 14.6. The quantitative estimate of drug-likeness (QED) is 0.0388. The number of fused-ring (bicyclic) bond motifs is 2. The first kappa shape index (κ1) is 73.5. The van der Waals surface area contributed by atoms with Crippen molar-refractivity contribution < 1.29 is 69.3 Å². The second kappa shape index (κ2) is 32.4. The third kappa shape index (κ3) is 18.0. The van der Waals surface area contributed by atoms with Crippen LogP contribution in [0.25, 0.3) is 11.1 Å². The predicted octanol–water partition coefficient (Wildman–Crippen LogP) is 12.9. The molecule has 3 heterocycles. The Balaban J connectivity index is 0.634. The molecule has 0 radical (unpaired) electrons. The molecular formula is C76H89F7N8O8. The Hall–Kier alpha value is -8.22. The molecule has 0 bridgehead atoms. The number of carbonyl (C=O) groups excluding carboxylic acids is 4. The summed E-state index contributed by atoms with van der Waals surface area (Å²) in [7, 11) is 7.36. The van der Waals surface area contributed by atoms with Crippen LogP contribution in [0.2, 0.25) is 0 Å². The van der Waals surface area contributed by atoms with Gasteiger partial charge in [-0.2, -0.15) is 26.3 Å². The summed E-state index contributed by atoms with van der Waals surface area (Å²) >= 11 is 0.